The van der Waals surface area contributed by atoms with E-state index in [4.69, 9.17) is 4.74 Å². The summed E-state index contributed by atoms with van der Waals surface area (Å²) in [6.45, 7) is 5.80. The molecule has 2 aromatic rings. The second-order valence-electron chi connectivity index (χ2n) is 4.28. The van der Waals surface area contributed by atoms with E-state index in [1.54, 1.807) is 24.4 Å². The Bertz CT molecular complexity index is 632. The van der Waals surface area contributed by atoms with Gasteiger partial charge in [0.1, 0.15) is 6.61 Å². The number of aromatic nitrogens is 2. The summed E-state index contributed by atoms with van der Waals surface area (Å²) in [5, 5.41) is 13.2. The molecular formula is C14H14N2O3S. The van der Waals surface area contributed by atoms with Crippen LogP contribution in [0, 0.1) is 0 Å². The highest BCUT2D eigenvalue weighted by Crippen LogP contribution is 2.23. The largest absolute Gasteiger partial charge is 0.478 e. The molecule has 5 nitrogen and oxygen atoms in total. The molecule has 1 aromatic heterocycles. The number of benzene rings is 1. The Hall–Kier alpha value is -2.21. The van der Waals surface area contributed by atoms with Gasteiger partial charge in [0.25, 0.3) is 0 Å². The molecule has 0 saturated heterocycles. The molecule has 1 heterocycles. The van der Waals surface area contributed by atoms with Crippen molar-refractivity contribution in [2.45, 2.75) is 13.5 Å². The third-order valence-corrected chi connectivity index (χ3v) is 3.00. The van der Waals surface area contributed by atoms with E-state index in [1.807, 2.05) is 13.0 Å². The molecule has 1 aromatic carbocycles. The van der Waals surface area contributed by atoms with Crippen LogP contribution in [0.25, 0.3) is 5.57 Å². The molecule has 0 aliphatic carbocycles. The number of nitrogens with zero attached hydrogens (tertiary/aromatic N) is 2. The number of hydrogen-bond acceptors (Lipinski definition) is 4. The van der Waals surface area contributed by atoms with Gasteiger partial charge in [-0.05, 0) is 31.4 Å². The Morgan fingerprint density at radius 1 is 1.45 bits per heavy atom. The lowest BCUT2D eigenvalue weighted by Crippen LogP contribution is -2.08. The summed E-state index contributed by atoms with van der Waals surface area (Å²) in [5.74, 6) is -0.612. The molecule has 0 fully saturated rings. The minimum Gasteiger partial charge on any atom is -0.478 e. The number of aromatic carboxylic acids is 1. The number of allylic oxidation sites excluding steroid dienone is 1. The van der Waals surface area contributed by atoms with Crippen molar-refractivity contribution < 1.29 is 14.6 Å². The molecule has 1 N–H and O–H groups in total. The molecule has 0 bridgehead atoms. The van der Waals surface area contributed by atoms with Gasteiger partial charge in [-0.25, -0.2) is 8.88 Å². The quantitative estimate of drug-likeness (QED) is 0.831. The van der Waals surface area contributed by atoms with Gasteiger partial charge in [-0.15, -0.1) is 5.10 Å². The molecule has 0 spiro atoms. The molecule has 0 saturated carbocycles. The normalized spacial score (nSPS) is 10.3. The molecule has 20 heavy (non-hydrogen) atoms. The fraction of sp³-hybridized carbons (Fsp3) is 0.143. The van der Waals surface area contributed by atoms with Crippen LogP contribution < -0.4 is 4.74 Å². The van der Waals surface area contributed by atoms with Crippen LogP contribution in [0.1, 0.15) is 28.4 Å². The van der Waals surface area contributed by atoms with Crippen molar-refractivity contribution in [3.8, 4) is 5.88 Å². The highest BCUT2D eigenvalue weighted by atomic mass is 32.1. The fourth-order valence-corrected chi connectivity index (χ4v) is 2.02. The fourth-order valence-electron chi connectivity index (χ4n) is 1.86. The van der Waals surface area contributed by atoms with E-state index < -0.39 is 5.97 Å². The molecule has 0 aliphatic rings. The second kappa shape index (κ2) is 5.83. The van der Waals surface area contributed by atoms with Gasteiger partial charge in [0.15, 0.2) is 0 Å². The van der Waals surface area contributed by atoms with Gasteiger partial charge in [0.2, 0.25) is 5.88 Å². The smallest absolute Gasteiger partial charge is 0.336 e. The highest BCUT2D eigenvalue weighted by molar-refractivity contribution is 7.78. The standard InChI is InChI=1S/C14H14N2O3S/c1-9(2)10-4-3-5-11(14(17)18)12(10)8-19-13-6-7-16(20)15-13/h3-7,20H,1,8H2,2H3,(H,17,18). The van der Waals surface area contributed by atoms with Crippen molar-refractivity contribution in [2.75, 3.05) is 0 Å². The van der Waals surface area contributed by atoms with Gasteiger partial charge >= 0.3 is 5.97 Å². The zero-order valence-corrected chi connectivity index (χ0v) is 11.8. The number of hydrogen-bond donors (Lipinski definition) is 2. The van der Waals surface area contributed by atoms with Gasteiger partial charge < -0.3 is 9.84 Å². The number of carboxylic acids is 1. The van der Waals surface area contributed by atoms with Crippen LogP contribution in [0.2, 0.25) is 0 Å². The van der Waals surface area contributed by atoms with Gasteiger partial charge in [0, 0.05) is 17.8 Å². The van der Waals surface area contributed by atoms with E-state index in [2.05, 4.69) is 24.5 Å². The van der Waals surface area contributed by atoms with Crippen molar-refractivity contribution in [1.29, 1.82) is 0 Å². The van der Waals surface area contributed by atoms with Gasteiger partial charge in [-0.3, -0.25) is 0 Å². The van der Waals surface area contributed by atoms with Crippen LogP contribution in [-0.2, 0) is 6.61 Å². The number of carbonyl (C=O) groups is 1. The molecule has 104 valence electrons. The predicted octanol–water partition coefficient (Wildman–Crippen LogP) is 2.89. The third kappa shape index (κ3) is 3.03. The van der Waals surface area contributed by atoms with Crippen LogP contribution in [0.5, 0.6) is 5.88 Å². The van der Waals surface area contributed by atoms with E-state index in [-0.39, 0.29) is 12.2 Å². The Kier molecular flexibility index (Phi) is 4.14. The maximum Gasteiger partial charge on any atom is 0.336 e. The van der Waals surface area contributed by atoms with E-state index >= 15 is 0 Å². The van der Waals surface area contributed by atoms with Crippen molar-refractivity contribution in [1.82, 2.24) is 9.19 Å². The van der Waals surface area contributed by atoms with Crippen LogP contribution in [0.4, 0.5) is 0 Å². The van der Waals surface area contributed by atoms with Crippen LogP contribution in [0.15, 0.2) is 37.0 Å². The van der Waals surface area contributed by atoms with E-state index in [0.717, 1.165) is 11.1 Å². The van der Waals surface area contributed by atoms with Crippen LogP contribution in [-0.4, -0.2) is 20.3 Å². The van der Waals surface area contributed by atoms with Crippen LogP contribution >= 0.6 is 12.8 Å². The SMILES string of the molecule is C=C(C)c1cccc(C(=O)O)c1COc1ccn(S)n1. The molecule has 0 aliphatic heterocycles. The number of thiol groups is 1. The molecule has 0 radical (unpaired) electrons. The van der Waals surface area contributed by atoms with Crippen molar-refractivity contribution >= 4 is 24.4 Å². The van der Waals surface area contributed by atoms with Gasteiger partial charge in [0.05, 0.1) is 5.56 Å². The first-order chi connectivity index (χ1) is 9.49. The molecule has 2 rings (SSSR count). The maximum absolute atomic E-state index is 11.3. The lowest BCUT2D eigenvalue weighted by atomic mass is 9.97. The molecular weight excluding hydrogens is 276 g/mol. The minimum absolute atomic E-state index is 0.107. The monoisotopic (exact) mass is 290 g/mol. The third-order valence-electron chi connectivity index (χ3n) is 2.78. The Balaban J connectivity index is 2.32. The summed E-state index contributed by atoms with van der Waals surface area (Å²) in [7, 11) is 0. The first kappa shape index (κ1) is 14.2. The zero-order chi connectivity index (χ0) is 14.7. The lowest BCUT2D eigenvalue weighted by molar-refractivity contribution is 0.0694. The first-order valence-corrected chi connectivity index (χ1v) is 6.28. The average Bonchev–Trinajstić information content (AvgIpc) is 2.81. The van der Waals surface area contributed by atoms with Crippen molar-refractivity contribution in [3.63, 3.8) is 0 Å². The molecule has 0 unspecified atom stereocenters. The molecule has 6 heteroatoms. The summed E-state index contributed by atoms with van der Waals surface area (Å²) in [6.07, 6.45) is 1.63. The maximum atomic E-state index is 11.3. The van der Waals surface area contributed by atoms with Crippen molar-refractivity contribution in [3.05, 3.63) is 53.7 Å². The summed E-state index contributed by atoms with van der Waals surface area (Å²) in [5.41, 5.74) is 2.35. The van der Waals surface area contributed by atoms with Gasteiger partial charge in [-0.1, -0.05) is 24.3 Å². The molecule has 0 atom stereocenters. The zero-order valence-electron chi connectivity index (χ0n) is 10.9. The van der Waals surface area contributed by atoms with E-state index in [1.165, 1.54) is 4.09 Å². The topological polar surface area (TPSA) is 64.3 Å². The lowest BCUT2D eigenvalue weighted by Gasteiger charge is -2.12. The average molecular weight is 290 g/mol. The summed E-state index contributed by atoms with van der Waals surface area (Å²) < 4.78 is 6.83. The Morgan fingerprint density at radius 3 is 2.70 bits per heavy atom. The summed E-state index contributed by atoms with van der Waals surface area (Å²) >= 11 is 4.01. The number of rotatable bonds is 5. The number of ether oxygens (including phenoxy) is 1. The predicted molar refractivity (Wildman–Crippen MR) is 79.1 cm³/mol. The number of carboxylic acid groups (broad SMARTS) is 1. The summed E-state index contributed by atoms with van der Waals surface area (Å²) in [6, 6.07) is 6.71. The second-order valence-corrected chi connectivity index (χ2v) is 4.69. The minimum atomic E-state index is -0.994. The van der Waals surface area contributed by atoms with E-state index in [9.17, 15) is 9.90 Å². The Labute approximate surface area is 122 Å². The van der Waals surface area contributed by atoms with Gasteiger partial charge in [-0.2, -0.15) is 0 Å². The summed E-state index contributed by atoms with van der Waals surface area (Å²) in [4.78, 5) is 11.3. The Morgan fingerprint density at radius 2 is 2.15 bits per heavy atom. The highest BCUT2D eigenvalue weighted by Gasteiger charge is 2.15. The molecule has 0 amide bonds. The van der Waals surface area contributed by atoms with E-state index in [0.29, 0.717) is 11.4 Å². The van der Waals surface area contributed by atoms with Crippen LogP contribution in [0.3, 0.4) is 0 Å². The van der Waals surface area contributed by atoms with Crippen molar-refractivity contribution in [2.24, 2.45) is 0 Å². The first-order valence-electron chi connectivity index (χ1n) is 5.88.